The molecule has 1 amide bonds. The molecule has 7 nitrogen and oxygen atoms in total. The van der Waals surface area contributed by atoms with Crippen LogP contribution in [0, 0.1) is 6.92 Å². The fourth-order valence-electron chi connectivity index (χ4n) is 2.01. The van der Waals surface area contributed by atoms with Gasteiger partial charge in [-0.2, -0.15) is 0 Å². The van der Waals surface area contributed by atoms with Gasteiger partial charge in [0.1, 0.15) is 18.1 Å². The van der Waals surface area contributed by atoms with E-state index in [-0.39, 0.29) is 12.5 Å². The lowest BCUT2D eigenvalue weighted by Crippen LogP contribution is -2.08. The predicted octanol–water partition coefficient (Wildman–Crippen LogP) is 2.78. The van der Waals surface area contributed by atoms with Crippen molar-refractivity contribution in [3.8, 4) is 11.5 Å². The van der Waals surface area contributed by atoms with Crippen LogP contribution in [0.2, 0.25) is 0 Å². The molecule has 0 aliphatic carbocycles. The van der Waals surface area contributed by atoms with Gasteiger partial charge in [0.2, 0.25) is 5.91 Å². The Morgan fingerprint density at radius 1 is 1.21 bits per heavy atom. The van der Waals surface area contributed by atoms with Crippen LogP contribution in [0.5, 0.6) is 11.5 Å². The van der Waals surface area contributed by atoms with Crippen molar-refractivity contribution in [2.75, 3.05) is 19.5 Å². The lowest BCUT2D eigenvalue weighted by atomic mass is 10.1. The van der Waals surface area contributed by atoms with Gasteiger partial charge in [0.25, 0.3) is 0 Å². The third-order valence-electron chi connectivity index (χ3n) is 3.17. The third kappa shape index (κ3) is 4.23. The maximum absolute atomic E-state index is 12.2. The van der Waals surface area contributed by atoms with Crippen LogP contribution in [-0.4, -0.2) is 31.1 Å². The highest BCUT2D eigenvalue weighted by Gasteiger charge is 2.15. The van der Waals surface area contributed by atoms with Gasteiger partial charge in [-0.25, -0.2) is 9.78 Å². The molecular weight excluding hydrogens is 332 g/mol. The Morgan fingerprint density at radius 2 is 1.83 bits per heavy atom. The van der Waals surface area contributed by atoms with Gasteiger partial charge in [-0.3, -0.25) is 4.79 Å². The number of hydrogen-bond acceptors (Lipinski definition) is 7. The molecule has 0 unspecified atom stereocenters. The summed E-state index contributed by atoms with van der Waals surface area (Å²) in [6.07, 6.45) is 0. The molecule has 0 saturated heterocycles. The van der Waals surface area contributed by atoms with E-state index in [0.717, 1.165) is 5.56 Å². The first-order valence-electron chi connectivity index (χ1n) is 7.06. The van der Waals surface area contributed by atoms with E-state index in [4.69, 9.17) is 14.2 Å². The molecule has 1 N–H and O–H groups in total. The topological polar surface area (TPSA) is 86.8 Å². The number of hydrogen-bond donors (Lipinski definition) is 1. The number of thiazole rings is 1. The van der Waals surface area contributed by atoms with Crippen molar-refractivity contribution < 1.29 is 23.8 Å². The second-order valence-corrected chi connectivity index (χ2v) is 5.77. The van der Waals surface area contributed by atoms with Gasteiger partial charge in [-0.05, 0) is 19.1 Å². The molecule has 0 aliphatic rings. The normalized spacial score (nSPS) is 10.2. The summed E-state index contributed by atoms with van der Waals surface area (Å²) in [5.74, 6) is 0.373. The van der Waals surface area contributed by atoms with Gasteiger partial charge in [0.05, 0.1) is 25.5 Å². The fraction of sp³-hybridized carbons (Fsp3) is 0.312. The molecule has 0 atom stereocenters. The lowest BCUT2D eigenvalue weighted by Gasteiger charge is -2.12. The maximum Gasteiger partial charge on any atom is 0.338 e. The number of carbonyl (C=O) groups excluding carboxylic acids is 2. The summed E-state index contributed by atoms with van der Waals surface area (Å²) >= 11 is 1.27. The van der Waals surface area contributed by atoms with Crippen LogP contribution in [0.1, 0.15) is 28.5 Å². The molecule has 24 heavy (non-hydrogen) atoms. The first kappa shape index (κ1) is 17.7. The quantitative estimate of drug-likeness (QED) is 0.806. The van der Waals surface area contributed by atoms with Crippen LogP contribution < -0.4 is 14.8 Å². The number of carbonyl (C=O) groups is 2. The average Bonchev–Trinajstić information content (AvgIpc) is 2.99. The van der Waals surface area contributed by atoms with Crippen molar-refractivity contribution in [2.24, 2.45) is 0 Å². The van der Waals surface area contributed by atoms with Crippen molar-refractivity contribution in [3.05, 3.63) is 34.3 Å². The number of nitrogens with zero attached hydrogens (tertiary/aromatic N) is 1. The van der Waals surface area contributed by atoms with E-state index >= 15 is 0 Å². The highest BCUT2D eigenvalue weighted by Crippen LogP contribution is 2.29. The van der Waals surface area contributed by atoms with E-state index in [1.165, 1.54) is 32.5 Å². The number of ether oxygens (including phenoxy) is 3. The van der Waals surface area contributed by atoms with E-state index in [9.17, 15) is 9.59 Å². The summed E-state index contributed by atoms with van der Waals surface area (Å²) in [5, 5.41) is 4.76. The number of amides is 1. The van der Waals surface area contributed by atoms with Crippen molar-refractivity contribution in [1.82, 2.24) is 4.98 Å². The zero-order valence-electron chi connectivity index (χ0n) is 13.8. The Morgan fingerprint density at radius 3 is 2.38 bits per heavy atom. The van der Waals surface area contributed by atoms with Crippen LogP contribution in [-0.2, 0) is 16.1 Å². The first-order chi connectivity index (χ1) is 11.4. The molecule has 0 radical (unpaired) electrons. The van der Waals surface area contributed by atoms with E-state index < -0.39 is 5.97 Å². The molecule has 0 fully saturated rings. The van der Waals surface area contributed by atoms with Gasteiger partial charge in [0.15, 0.2) is 5.13 Å². The van der Waals surface area contributed by atoms with Gasteiger partial charge in [-0.1, -0.05) is 0 Å². The van der Waals surface area contributed by atoms with E-state index in [0.29, 0.717) is 27.9 Å². The molecule has 1 heterocycles. The van der Waals surface area contributed by atoms with E-state index in [1.807, 2.05) is 6.92 Å². The Bertz CT molecular complexity index is 732. The van der Waals surface area contributed by atoms with Crippen LogP contribution in [0.25, 0.3) is 0 Å². The van der Waals surface area contributed by atoms with Crippen molar-refractivity contribution in [1.29, 1.82) is 0 Å². The second kappa shape index (κ2) is 7.78. The second-order valence-electron chi connectivity index (χ2n) is 4.91. The molecule has 2 aromatic rings. The number of anilines is 1. The van der Waals surface area contributed by atoms with Gasteiger partial charge in [0, 0.05) is 17.9 Å². The Kier molecular flexibility index (Phi) is 5.75. The molecule has 1 aromatic carbocycles. The zero-order valence-corrected chi connectivity index (χ0v) is 14.7. The minimum atomic E-state index is -0.513. The monoisotopic (exact) mass is 350 g/mol. The largest absolute Gasteiger partial charge is 0.496 e. The molecule has 0 spiro atoms. The standard InChI is InChI=1S/C16H18N2O5S/c1-9-13(21-3)5-11(6-14(9)22-4)15(20)23-7-12-8-24-16(18-12)17-10(2)19/h5-6,8H,7H2,1-4H3,(H,17,18,19). The summed E-state index contributed by atoms with van der Waals surface area (Å²) in [6, 6.07) is 3.20. The number of esters is 1. The summed E-state index contributed by atoms with van der Waals surface area (Å²) in [5.41, 5.74) is 1.69. The van der Waals surface area contributed by atoms with E-state index in [2.05, 4.69) is 10.3 Å². The molecule has 128 valence electrons. The van der Waals surface area contributed by atoms with Crippen LogP contribution in [0.15, 0.2) is 17.5 Å². The maximum atomic E-state index is 12.2. The molecule has 8 heteroatoms. The molecule has 2 rings (SSSR count). The summed E-state index contributed by atoms with van der Waals surface area (Å²) in [7, 11) is 3.05. The van der Waals surface area contributed by atoms with Crippen molar-refractivity contribution in [2.45, 2.75) is 20.5 Å². The number of benzene rings is 1. The smallest absolute Gasteiger partial charge is 0.338 e. The highest BCUT2D eigenvalue weighted by molar-refractivity contribution is 7.13. The molecule has 1 aromatic heterocycles. The number of methoxy groups -OCH3 is 2. The molecule has 0 bridgehead atoms. The van der Waals surface area contributed by atoms with Gasteiger partial charge < -0.3 is 19.5 Å². The Balaban J connectivity index is 2.07. The number of rotatable bonds is 6. The predicted molar refractivity (Wildman–Crippen MR) is 89.8 cm³/mol. The Labute approximate surface area is 143 Å². The zero-order chi connectivity index (χ0) is 17.7. The minimum absolute atomic E-state index is 0.00737. The average molecular weight is 350 g/mol. The summed E-state index contributed by atoms with van der Waals surface area (Å²) in [6.45, 7) is 3.25. The van der Waals surface area contributed by atoms with Gasteiger partial charge in [-0.15, -0.1) is 11.3 Å². The number of nitrogens with one attached hydrogen (secondary N) is 1. The molecular formula is C16H18N2O5S. The molecule has 0 aliphatic heterocycles. The first-order valence-corrected chi connectivity index (χ1v) is 7.94. The van der Waals surface area contributed by atoms with Crippen molar-refractivity contribution in [3.63, 3.8) is 0 Å². The summed E-state index contributed by atoms with van der Waals surface area (Å²) < 4.78 is 15.7. The summed E-state index contributed by atoms with van der Waals surface area (Å²) in [4.78, 5) is 27.3. The molecule has 0 saturated carbocycles. The SMILES string of the molecule is COc1cc(C(=O)OCc2csc(NC(C)=O)n2)cc(OC)c1C. The third-order valence-corrected chi connectivity index (χ3v) is 3.98. The lowest BCUT2D eigenvalue weighted by molar-refractivity contribution is -0.114. The fourth-order valence-corrected chi connectivity index (χ4v) is 2.75. The van der Waals surface area contributed by atoms with E-state index in [1.54, 1.807) is 17.5 Å². The van der Waals surface area contributed by atoms with Gasteiger partial charge >= 0.3 is 5.97 Å². The number of aromatic nitrogens is 1. The highest BCUT2D eigenvalue weighted by atomic mass is 32.1. The van der Waals surface area contributed by atoms with Crippen LogP contribution in [0.4, 0.5) is 5.13 Å². The van der Waals surface area contributed by atoms with Crippen LogP contribution >= 0.6 is 11.3 Å². The van der Waals surface area contributed by atoms with Crippen LogP contribution in [0.3, 0.4) is 0 Å². The Hall–Kier alpha value is -2.61. The van der Waals surface area contributed by atoms with Crippen molar-refractivity contribution >= 4 is 28.3 Å². The minimum Gasteiger partial charge on any atom is -0.496 e.